The summed E-state index contributed by atoms with van der Waals surface area (Å²) >= 11 is 0. The molecule has 0 aliphatic carbocycles. The lowest BCUT2D eigenvalue weighted by Gasteiger charge is -2.10. The second kappa shape index (κ2) is 5.97. The topological polar surface area (TPSA) is 81.8 Å². The number of carboxylic acids is 1. The number of carboxylic acid groups (broad SMARTS) is 1. The summed E-state index contributed by atoms with van der Waals surface area (Å²) in [5.74, 6) is -0.788. The highest BCUT2D eigenvalue weighted by Gasteiger charge is 2.14. The number of ether oxygens (including phenoxy) is 2. The van der Waals surface area contributed by atoms with E-state index in [1.54, 1.807) is 19.2 Å². The molecule has 0 aromatic heterocycles. The van der Waals surface area contributed by atoms with Crippen molar-refractivity contribution in [1.29, 1.82) is 0 Å². The lowest BCUT2D eigenvalue weighted by Crippen LogP contribution is -2.08. The van der Waals surface area contributed by atoms with Crippen molar-refractivity contribution >= 4 is 11.7 Å². The SMILES string of the molecule is COCCCOc1cccc(N)c1C(=O)O. The molecule has 0 spiro atoms. The number of nitrogens with two attached hydrogens (primary N) is 1. The second-order valence-corrected chi connectivity index (χ2v) is 3.22. The first-order chi connectivity index (χ1) is 7.66. The van der Waals surface area contributed by atoms with Gasteiger partial charge in [-0.2, -0.15) is 0 Å². The van der Waals surface area contributed by atoms with E-state index in [4.69, 9.17) is 20.3 Å². The summed E-state index contributed by atoms with van der Waals surface area (Å²) in [5.41, 5.74) is 5.79. The molecule has 88 valence electrons. The normalized spacial score (nSPS) is 10.1. The molecule has 0 aliphatic rings. The zero-order chi connectivity index (χ0) is 12.0. The van der Waals surface area contributed by atoms with Crippen LogP contribution in [0.3, 0.4) is 0 Å². The van der Waals surface area contributed by atoms with E-state index in [1.165, 1.54) is 6.07 Å². The van der Waals surface area contributed by atoms with Crippen LogP contribution >= 0.6 is 0 Å². The molecule has 1 aromatic rings. The highest BCUT2D eigenvalue weighted by atomic mass is 16.5. The van der Waals surface area contributed by atoms with Crippen LogP contribution in [0.15, 0.2) is 18.2 Å². The van der Waals surface area contributed by atoms with Gasteiger partial charge in [-0.05, 0) is 12.1 Å². The molecule has 16 heavy (non-hydrogen) atoms. The maximum atomic E-state index is 10.9. The molecule has 1 rings (SSSR count). The van der Waals surface area contributed by atoms with Gasteiger partial charge in [0.15, 0.2) is 0 Å². The lowest BCUT2D eigenvalue weighted by molar-refractivity contribution is 0.0693. The fraction of sp³-hybridized carbons (Fsp3) is 0.364. The number of anilines is 1. The number of carbonyl (C=O) groups is 1. The molecule has 0 saturated carbocycles. The van der Waals surface area contributed by atoms with Crippen molar-refractivity contribution < 1.29 is 19.4 Å². The van der Waals surface area contributed by atoms with E-state index in [0.717, 1.165) is 0 Å². The van der Waals surface area contributed by atoms with E-state index in [0.29, 0.717) is 25.4 Å². The molecule has 0 unspecified atom stereocenters. The van der Waals surface area contributed by atoms with Crippen LogP contribution in [0, 0.1) is 0 Å². The fourth-order valence-corrected chi connectivity index (χ4v) is 1.28. The molecule has 0 aliphatic heterocycles. The average molecular weight is 225 g/mol. The van der Waals surface area contributed by atoms with Crippen molar-refractivity contribution in [2.45, 2.75) is 6.42 Å². The van der Waals surface area contributed by atoms with E-state index in [-0.39, 0.29) is 11.3 Å². The Hall–Kier alpha value is -1.75. The predicted molar refractivity (Wildman–Crippen MR) is 59.8 cm³/mol. The molecule has 0 bridgehead atoms. The van der Waals surface area contributed by atoms with Gasteiger partial charge in [-0.3, -0.25) is 0 Å². The van der Waals surface area contributed by atoms with Crippen molar-refractivity contribution in [3.8, 4) is 5.75 Å². The van der Waals surface area contributed by atoms with Crippen LogP contribution < -0.4 is 10.5 Å². The van der Waals surface area contributed by atoms with E-state index in [9.17, 15) is 4.79 Å². The number of rotatable bonds is 6. The summed E-state index contributed by atoms with van der Waals surface area (Å²) < 4.78 is 10.2. The molecular weight excluding hydrogens is 210 g/mol. The third-order valence-corrected chi connectivity index (χ3v) is 2.02. The van der Waals surface area contributed by atoms with Crippen LogP contribution in [-0.4, -0.2) is 31.4 Å². The van der Waals surface area contributed by atoms with Gasteiger partial charge in [0.05, 0.1) is 6.61 Å². The van der Waals surface area contributed by atoms with Crippen molar-refractivity contribution in [2.75, 3.05) is 26.1 Å². The molecule has 3 N–H and O–H groups in total. The number of nitrogen functional groups attached to an aromatic ring is 1. The zero-order valence-corrected chi connectivity index (χ0v) is 9.10. The zero-order valence-electron chi connectivity index (χ0n) is 9.10. The van der Waals surface area contributed by atoms with E-state index in [2.05, 4.69) is 0 Å². The summed E-state index contributed by atoms with van der Waals surface area (Å²) in [6.45, 7) is 0.974. The van der Waals surface area contributed by atoms with E-state index in [1.807, 2.05) is 0 Å². The molecular formula is C11H15NO4. The van der Waals surface area contributed by atoms with Gasteiger partial charge in [0.25, 0.3) is 0 Å². The standard InChI is InChI=1S/C11H15NO4/c1-15-6-3-7-16-9-5-2-4-8(12)10(9)11(13)14/h2,4-5H,3,6-7,12H2,1H3,(H,13,14). The number of benzene rings is 1. The molecule has 0 amide bonds. The Kier molecular flexibility index (Phi) is 4.60. The third kappa shape index (κ3) is 3.13. The summed E-state index contributed by atoms with van der Waals surface area (Å²) in [7, 11) is 1.60. The average Bonchev–Trinajstić information content (AvgIpc) is 2.24. The summed E-state index contributed by atoms with van der Waals surface area (Å²) in [4.78, 5) is 10.9. The van der Waals surface area contributed by atoms with E-state index < -0.39 is 5.97 Å². The Balaban J connectivity index is 2.71. The number of hydrogen-bond acceptors (Lipinski definition) is 4. The number of hydrogen-bond donors (Lipinski definition) is 2. The first kappa shape index (κ1) is 12.3. The molecule has 1 aromatic carbocycles. The summed E-state index contributed by atoms with van der Waals surface area (Å²) in [6, 6.07) is 4.78. The first-order valence-electron chi connectivity index (χ1n) is 4.90. The van der Waals surface area contributed by atoms with Crippen molar-refractivity contribution in [3.05, 3.63) is 23.8 Å². The minimum absolute atomic E-state index is 0.0138. The van der Waals surface area contributed by atoms with Gasteiger partial charge in [-0.15, -0.1) is 0 Å². The highest BCUT2D eigenvalue weighted by Crippen LogP contribution is 2.24. The van der Waals surface area contributed by atoms with Crippen LogP contribution in [0.25, 0.3) is 0 Å². The second-order valence-electron chi connectivity index (χ2n) is 3.22. The van der Waals surface area contributed by atoms with Crippen molar-refractivity contribution in [1.82, 2.24) is 0 Å². The van der Waals surface area contributed by atoms with Crippen LogP contribution in [-0.2, 0) is 4.74 Å². The van der Waals surface area contributed by atoms with Gasteiger partial charge in [0.2, 0.25) is 0 Å². The minimum Gasteiger partial charge on any atom is -0.493 e. The largest absolute Gasteiger partial charge is 0.493 e. The van der Waals surface area contributed by atoms with Gasteiger partial charge < -0.3 is 20.3 Å². The number of methoxy groups -OCH3 is 1. The molecule has 0 saturated heterocycles. The fourth-order valence-electron chi connectivity index (χ4n) is 1.28. The third-order valence-electron chi connectivity index (χ3n) is 2.02. The van der Waals surface area contributed by atoms with Gasteiger partial charge >= 0.3 is 5.97 Å². The summed E-state index contributed by atoms with van der Waals surface area (Å²) in [5, 5.41) is 8.96. The smallest absolute Gasteiger partial charge is 0.341 e. The van der Waals surface area contributed by atoms with Crippen molar-refractivity contribution in [3.63, 3.8) is 0 Å². The Labute approximate surface area is 93.8 Å². The molecule has 0 atom stereocenters. The molecule has 0 radical (unpaired) electrons. The van der Waals surface area contributed by atoms with Crippen molar-refractivity contribution in [2.24, 2.45) is 0 Å². The predicted octanol–water partition coefficient (Wildman–Crippen LogP) is 1.38. The van der Waals surface area contributed by atoms with Gasteiger partial charge in [-0.25, -0.2) is 4.79 Å². The molecule has 0 fully saturated rings. The highest BCUT2D eigenvalue weighted by molar-refractivity contribution is 5.96. The Bertz CT molecular complexity index is 365. The van der Waals surface area contributed by atoms with Crippen LogP contribution in [0.2, 0.25) is 0 Å². The van der Waals surface area contributed by atoms with Crippen LogP contribution in [0.5, 0.6) is 5.75 Å². The summed E-state index contributed by atoms with van der Waals surface area (Å²) in [6.07, 6.45) is 0.699. The Morgan fingerprint density at radius 3 is 2.81 bits per heavy atom. The minimum atomic E-state index is -1.08. The molecule has 5 nitrogen and oxygen atoms in total. The Morgan fingerprint density at radius 2 is 2.19 bits per heavy atom. The lowest BCUT2D eigenvalue weighted by atomic mass is 10.1. The van der Waals surface area contributed by atoms with Gasteiger partial charge in [0.1, 0.15) is 11.3 Å². The maximum absolute atomic E-state index is 10.9. The van der Waals surface area contributed by atoms with Gasteiger partial charge in [-0.1, -0.05) is 6.07 Å². The van der Waals surface area contributed by atoms with Gasteiger partial charge in [0, 0.05) is 25.8 Å². The molecule has 5 heteroatoms. The van der Waals surface area contributed by atoms with Crippen LogP contribution in [0.1, 0.15) is 16.8 Å². The maximum Gasteiger partial charge on any atom is 0.341 e. The van der Waals surface area contributed by atoms with E-state index >= 15 is 0 Å². The Morgan fingerprint density at radius 1 is 1.44 bits per heavy atom. The van der Waals surface area contributed by atoms with Crippen LogP contribution in [0.4, 0.5) is 5.69 Å². The monoisotopic (exact) mass is 225 g/mol. The first-order valence-corrected chi connectivity index (χ1v) is 4.90. The molecule has 0 heterocycles. The quantitative estimate of drug-likeness (QED) is 0.564. The number of aromatic carboxylic acids is 1.